The molecule has 1 aromatic carbocycles. The number of aromatic nitrogens is 2. The third-order valence-corrected chi connectivity index (χ3v) is 2.67. The van der Waals surface area contributed by atoms with Gasteiger partial charge in [0.2, 0.25) is 5.95 Å². The maximum Gasteiger partial charge on any atom is 0.328 e. The summed E-state index contributed by atoms with van der Waals surface area (Å²) in [6.07, 6.45) is 0. The number of nitrogens with zero attached hydrogens (tertiary/aromatic N) is 2. The summed E-state index contributed by atoms with van der Waals surface area (Å²) in [7, 11) is 1.22. The maximum absolute atomic E-state index is 13.5. The molecule has 2 N–H and O–H groups in total. The van der Waals surface area contributed by atoms with Gasteiger partial charge in [-0.3, -0.25) is 4.57 Å². The van der Waals surface area contributed by atoms with Crippen LogP contribution in [0.3, 0.4) is 0 Å². The molecule has 0 saturated heterocycles. The molecule has 1 unspecified atom stereocenters. The summed E-state index contributed by atoms with van der Waals surface area (Å²) in [6.45, 7) is 1.51. The van der Waals surface area contributed by atoms with Crippen molar-refractivity contribution in [3.8, 4) is 0 Å². The van der Waals surface area contributed by atoms with E-state index in [2.05, 4.69) is 9.72 Å². The zero-order valence-electron chi connectivity index (χ0n) is 9.78. The Labute approximate surface area is 101 Å². The zero-order chi connectivity index (χ0) is 13.4. The quantitative estimate of drug-likeness (QED) is 0.828. The van der Waals surface area contributed by atoms with Crippen LogP contribution in [-0.4, -0.2) is 22.6 Å². The molecular weight excluding hydrogens is 244 g/mol. The average molecular weight is 255 g/mol. The molecule has 0 aliphatic rings. The van der Waals surface area contributed by atoms with E-state index >= 15 is 0 Å². The number of rotatable bonds is 2. The lowest BCUT2D eigenvalue weighted by molar-refractivity contribution is -0.143. The number of methoxy groups -OCH3 is 1. The number of hydrogen-bond donors (Lipinski definition) is 1. The Balaban J connectivity index is 2.70. The maximum atomic E-state index is 13.5. The topological polar surface area (TPSA) is 70.1 Å². The predicted molar refractivity (Wildman–Crippen MR) is 60.8 cm³/mol. The van der Waals surface area contributed by atoms with Crippen LogP contribution in [0.4, 0.5) is 14.7 Å². The Kier molecular flexibility index (Phi) is 2.90. The van der Waals surface area contributed by atoms with Gasteiger partial charge in [-0.05, 0) is 6.92 Å². The smallest absolute Gasteiger partial charge is 0.328 e. The van der Waals surface area contributed by atoms with E-state index in [0.29, 0.717) is 6.07 Å². The minimum Gasteiger partial charge on any atom is -0.467 e. The van der Waals surface area contributed by atoms with Gasteiger partial charge in [0, 0.05) is 12.1 Å². The first kappa shape index (κ1) is 12.3. The van der Waals surface area contributed by atoms with Crippen LogP contribution < -0.4 is 5.73 Å². The van der Waals surface area contributed by atoms with E-state index in [1.165, 1.54) is 18.6 Å². The van der Waals surface area contributed by atoms with Gasteiger partial charge in [-0.2, -0.15) is 0 Å². The number of hydrogen-bond acceptors (Lipinski definition) is 4. The van der Waals surface area contributed by atoms with Gasteiger partial charge in [-0.1, -0.05) is 0 Å². The molecule has 1 atom stereocenters. The highest BCUT2D eigenvalue weighted by Gasteiger charge is 2.22. The third kappa shape index (κ3) is 1.77. The summed E-state index contributed by atoms with van der Waals surface area (Å²) in [5.74, 6) is -2.25. The fraction of sp³-hybridized carbons (Fsp3) is 0.273. The first-order valence-corrected chi connectivity index (χ1v) is 5.16. The van der Waals surface area contributed by atoms with Gasteiger partial charge in [-0.25, -0.2) is 18.6 Å². The van der Waals surface area contributed by atoms with Crippen molar-refractivity contribution < 1.29 is 18.3 Å². The van der Waals surface area contributed by atoms with E-state index in [1.54, 1.807) is 0 Å². The van der Waals surface area contributed by atoms with Crippen molar-refractivity contribution in [3.05, 3.63) is 23.8 Å². The molecule has 7 heteroatoms. The van der Waals surface area contributed by atoms with Crippen molar-refractivity contribution >= 4 is 23.0 Å². The largest absolute Gasteiger partial charge is 0.467 e. The molecule has 0 aliphatic carbocycles. The lowest BCUT2D eigenvalue weighted by Gasteiger charge is -2.13. The van der Waals surface area contributed by atoms with Gasteiger partial charge in [0.25, 0.3) is 0 Å². The van der Waals surface area contributed by atoms with E-state index < -0.39 is 23.6 Å². The first-order chi connectivity index (χ1) is 8.45. The van der Waals surface area contributed by atoms with Gasteiger partial charge in [0.15, 0.2) is 5.82 Å². The highest BCUT2D eigenvalue weighted by molar-refractivity contribution is 5.83. The Hall–Kier alpha value is -2.18. The van der Waals surface area contributed by atoms with E-state index in [9.17, 15) is 13.6 Å². The molecule has 1 aromatic heterocycles. The van der Waals surface area contributed by atoms with Crippen LogP contribution >= 0.6 is 0 Å². The molecule has 2 rings (SSSR count). The standard InChI is InChI=1S/C11H11F2N3O2/c1-5(10(17)18-2)16-8-4-6(12)3-7(13)9(8)15-11(16)14/h3-5H,1-2H3,(H2,14,15). The van der Waals surface area contributed by atoms with Gasteiger partial charge in [0.1, 0.15) is 17.4 Å². The molecule has 0 spiro atoms. The average Bonchev–Trinajstić information content (AvgIpc) is 2.64. The summed E-state index contributed by atoms with van der Waals surface area (Å²) in [6, 6.07) is 0.963. The van der Waals surface area contributed by atoms with Crippen molar-refractivity contribution in [1.29, 1.82) is 0 Å². The number of halogens is 2. The summed E-state index contributed by atoms with van der Waals surface area (Å²) in [5.41, 5.74) is 5.66. The summed E-state index contributed by atoms with van der Waals surface area (Å²) >= 11 is 0. The monoisotopic (exact) mass is 255 g/mol. The zero-order valence-corrected chi connectivity index (χ0v) is 9.78. The molecule has 1 heterocycles. The molecule has 0 saturated carbocycles. The highest BCUT2D eigenvalue weighted by atomic mass is 19.1. The van der Waals surface area contributed by atoms with Crippen LogP contribution in [0.5, 0.6) is 0 Å². The number of carbonyl (C=O) groups excluding carboxylic acids is 1. The number of esters is 1. The number of nitrogens with two attached hydrogens (primary N) is 1. The molecule has 0 amide bonds. The number of ether oxygens (including phenoxy) is 1. The Morgan fingerprint density at radius 3 is 2.78 bits per heavy atom. The summed E-state index contributed by atoms with van der Waals surface area (Å²) in [4.78, 5) is 15.2. The van der Waals surface area contributed by atoms with Crippen molar-refractivity contribution in [2.75, 3.05) is 12.8 Å². The van der Waals surface area contributed by atoms with Gasteiger partial charge < -0.3 is 10.5 Å². The van der Waals surface area contributed by atoms with Crippen LogP contribution in [-0.2, 0) is 9.53 Å². The second-order valence-electron chi connectivity index (χ2n) is 3.79. The fourth-order valence-electron chi connectivity index (χ4n) is 1.82. The number of nitrogen functional groups attached to an aromatic ring is 1. The molecule has 0 fully saturated rings. The van der Waals surface area contributed by atoms with E-state index in [1.807, 2.05) is 0 Å². The van der Waals surface area contributed by atoms with Crippen molar-refractivity contribution in [2.45, 2.75) is 13.0 Å². The van der Waals surface area contributed by atoms with Gasteiger partial charge >= 0.3 is 5.97 Å². The predicted octanol–water partition coefficient (Wildman–Crippen LogP) is 1.63. The molecule has 96 valence electrons. The van der Waals surface area contributed by atoms with Gasteiger partial charge in [-0.15, -0.1) is 0 Å². The van der Waals surface area contributed by atoms with Crippen LogP contribution in [0.2, 0.25) is 0 Å². The first-order valence-electron chi connectivity index (χ1n) is 5.16. The second kappa shape index (κ2) is 4.25. The number of benzene rings is 1. The molecule has 2 aromatic rings. The Morgan fingerprint density at radius 2 is 2.17 bits per heavy atom. The molecule has 0 bridgehead atoms. The Morgan fingerprint density at radius 1 is 1.50 bits per heavy atom. The molecule has 0 radical (unpaired) electrons. The summed E-state index contributed by atoms with van der Waals surface area (Å²) < 4.78 is 32.5. The molecular formula is C11H11F2N3O2. The normalized spacial score (nSPS) is 12.7. The van der Waals surface area contributed by atoms with Crippen LogP contribution in [0.25, 0.3) is 11.0 Å². The van der Waals surface area contributed by atoms with Crippen LogP contribution in [0, 0.1) is 11.6 Å². The second-order valence-corrected chi connectivity index (χ2v) is 3.79. The Bertz CT molecular complexity index is 624. The summed E-state index contributed by atoms with van der Waals surface area (Å²) in [5, 5.41) is 0. The SMILES string of the molecule is COC(=O)C(C)n1c(N)nc2c(F)cc(F)cc21. The van der Waals surface area contributed by atoms with Gasteiger partial charge in [0.05, 0.1) is 12.6 Å². The number of anilines is 1. The third-order valence-electron chi connectivity index (χ3n) is 2.67. The minimum absolute atomic E-state index is 0.0765. The van der Waals surface area contributed by atoms with Crippen molar-refractivity contribution in [3.63, 3.8) is 0 Å². The molecule has 5 nitrogen and oxygen atoms in total. The van der Waals surface area contributed by atoms with Crippen LogP contribution in [0.1, 0.15) is 13.0 Å². The molecule has 18 heavy (non-hydrogen) atoms. The number of carbonyl (C=O) groups is 1. The highest BCUT2D eigenvalue weighted by Crippen LogP contribution is 2.26. The minimum atomic E-state index is -0.826. The van der Waals surface area contributed by atoms with Crippen LogP contribution in [0.15, 0.2) is 12.1 Å². The van der Waals surface area contributed by atoms with E-state index in [0.717, 1.165) is 6.07 Å². The van der Waals surface area contributed by atoms with Crippen molar-refractivity contribution in [2.24, 2.45) is 0 Å². The van der Waals surface area contributed by atoms with Crippen molar-refractivity contribution in [1.82, 2.24) is 9.55 Å². The molecule has 0 aliphatic heterocycles. The lowest BCUT2D eigenvalue weighted by Crippen LogP contribution is -2.19. The number of imidazole rings is 1. The lowest BCUT2D eigenvalue weighted by atomic mass is 10.2. The van der Waals surface area contributed by atoms with E-state index in [-0.39, 0.29) is 17.0 Å². The number of fused-ring (bicyclic) bond motifs is 1. The fourth-order valence-corrected chi connectivity index (χ4v) is 1.82. The van der Waals surface area contributed by atoms with E-state index in [4.69, 9.17) is 5.73 Å².